The van der Waals surface area contributed by atoms with Crippen LogP contribution in [0.5, 0.6) is 0 Å². The Morgan fingerprint density at radius 1 is 1.29 bits per heavy atom. The summed E-state index contributed by atoms with van der Waals surface area (Å²) in [6.45, 7) is 0. The standard InChI is InChI=1S/C12H17N3O5S/c13-11-7-10(5-6-12(11)15(17)18)21(19,20)14-8-1-3-9(16)4-2-8/h5-9,14,16H,1-4,13H2. The summed E-state index contributed by atoms with van der Waals surface area (Å²) in [5.74, 6) is 0. The minimum atomic E-state index is -3.78. The fourth-order valence-electron chi connectivity index (χ4n) is 2.35. The molecule has 21 heavy (non-hydrogen) atoms. The molecule has 1 fully saturated rings. The maximum absolute atomic E-state index is 12.2. The number of rotatable bonds is 4. The first-order chi connectivity index (χ1) is 9.79. The molecule has 8 nitrogen and oxygen atoms in total. The van der Waals surface area contributed by atoms with Gasteiger partial charge in [0.2, 0.25) is 10.0 Å². The summed E-state index contributed by atoms with van der Waals surface area (Å²) in [5.41, 5.74) is 4.99. The van der Waals surface area contributed by atoms with E-state index >= 15 is 0 Å². The smallest absolute Gasteiger partial charge is 0.292 e. The Hall–Kier alpha value is -1.71. The minimum absolute atomic E-state index is 0.100. The molecule has 0 amide bonds. The summed E-state index contributed by atoms with van der Waals surface area (Å²) in [4.78, 5) is 9.90. The van der Waals surface area contributed by atoms with Crippen molar-refractivity contribution < 1.29 is 18.4 Å². The van der Waals surface area contributed by atoms with E-state index in [1.54, 1.807) is 0 Å². The van der Waals surface area contributed by atoms with Crippen molar-refractivity contribution >= 4 is 21.4 Å². The van der Waals surface area contributed by atoms with Crippen LogP contribution < -0.4 is 10.5 Å². The zero-order valence-corrected chi connectivity index (χ0v) is 12.0. The van der Waals surface area contributed by atoms with E-state index in [1.165, 1.54) is 0 Å². The average Bonchev–Trinajstić information content (AvgIpc) is 2.40. The molecule has 0 spiro atoms. The predicted octanol–water partition coefficient (Wildman–Crippen LogP) is 0.759. The molecule has 1 aromatic carbocycles. The van der Waals surface area contributed by atoms with Gasteiger partial charge in [0.1, 0.15) is 5.69 Å². The molecule has 1 saturated carbocycles. The number of nitrogens with one attached hydrogen (secondary N) is 1. The lowest BCUT2D eigenvalue weighted by atomic mass is 9.94. The summed E-state index contributed by atoms with van der Waals surface area (Å²) in [6.07, 6.45) is 1.84. The van der Waals surface area contributed by atoms with Gasteiger partial charge in [-0.05, 0) is 37.8 Å². The fourth-order valence-corrected chi connectivity index (χ4v) is 3.69. The quantitative estimate of drug-likeness (QED) is 0.426. The fraction of sp³-hybridized carbons (Fsp3) is 0.500. The molecule has 1 aromatic rings. The number of nitro groups is 1. The molecule has 4 N–H and O–H groups in total. The Labute approximate surface area is 122 Å². The van der Waals surface area contributed by atoms with Crippen LogP contribution in [0.2, 0.25) is 0 Å². The number of hydrogen-bond acceptors (Lipinski definition) is 6. The van der Waals surface area contributed by atoms with Gasteiger partial charge in [-0.25, -0.2) is 13.1 Å². The van der Waals surface area contributed by atoms with E-state index in [2.05, 4.69) is 4.72 Å². The number of aliphatic hydroxyl groups is 1. The first kappa shape index (κ1) is 15.7. The second-order valence-electron chi connectivity index (χ2n) is 5.10. The van der Waals surface area contributed by atoms with Crippen molar-refractivity contribution in [1.82, 2.24) is 4.72 Å². The lowest BCUT2D eigenvalue weighted by molar-refractivity contribution is -0.383. The van der Waals surface area contributed by atoms with Gasteiger partial charge in [0.25, 0.3) is 5.69 Å². The van der Waals surface area contributed by atoms with Crippen molar-refractivity contribution in [2.75, 3.05) is 5.73 Å². The molecular weight excluding hydrogens is 298 g/mol. The SMILES string of the molecule is Nc1cc(S(=O)(=O)NC2CCC(O)CC2)ccc1[N+](=O)[O-]. The van der Waals surface area contributed by atoms with Crippen LogP contribution in [0.15, 0.2) is 23.1 Å². The van der Waals surface area contributed by atoms with Gasteiger partial charge in [-0.15, -0.1) is 0 Å². The molecule has 0 bridgehead atoms. The highest BCUT2D eigenvalue weighted by Gasteiger charge is 2.26. The topological polar surface area (TPSA) is 136 Å². The Kier molecular flexibility index (Phi) is 4.45. The molecule has 0 unspecified atom stereocenters. The third-order valence-electron chi connectivity index (χ3n) is 3.52. The van der Waals surface area contributed by atoms with Gasteiger partial charge in [-0.3, -0.25) is 10.1 Å². The second kappa shape index (κ2) is 5.96. The number of nitrogen functional groups attached to an aromatic ring is 1. The molecular formula is C12H17N3O5S. The first-order valence-corrected chi connectivity index (χ1v) is 8.02. The largest absolute Gasteiger partial charge is 0.393 e. The van der Waals surface area contributed by atoms with Gasteiger partial charge in [0, 0.05) is 12.1 Å². The Bertz CT molecular complexity index is 638. The number of nitrogens with two attached hydrogens (primary N) is 1. The highest BCUT2D eigenvalue weighted by atomic mass is 32.2. The van der Waals surface area contributed by atoms with Crippen LogP contribution in [0, 0.1) is 10.1 Å². The zero-order chi connectivity index (χ0) is 15.6. The normalized spacial score (nSPS) is 22.9. The number of anilines is 1. The van der Waals surface area contributed by atoms with E-state index in [0.29, 0.717) is 25.7 Å². The van der Waals surface area contributed by atoms with Gasteiger partial charge in [0.15, 0.2) is 0 Å². The molecule has 0 aliphatic heterocycles. The van der Waals surface area contributed by atoms with E-state index < -0.39 is 14.9 Å². The third-order valence-corrected chi connectivity index (χ3v) is 5.04. The van der Waals surface area contributed by atoms with Crippen molar-refractivity contribution in [3.05, 3.63) is 28.3 Å². The minimum Gasteiger partial charge on any atom is -0.393 e. The van der Waals surface area contributed by atoms with Gasteiger partial charge in [-0.1, -0.05) is 0 Å². The summed E-state index contributed by atoms with van der Waals surface area (Å²) >= 11 is 0. The number of nitrogens with zero attached hydrogens (tertiary/aromatic N) is 1. The van der Waals surface area contributed by atoms with E-state index in [9.17, 15) is 23.6 Å². The average molecular weight is 315 g/mol. The molecule has 0 radical (unpaired) electrons. The summed E-state index contributed by atoms with van der Waals surface area (Å²) in [5, 5.41) is 20.1. The lowest BCUT2D eigenvalue weighted by Crippen LogP contribution is -2.38. The molecule has 2 rings (SSSR count). The highest BCUT2D eigenvalue weighted by Crippen LogP contribution is 2.25. The van der Waals surface area contributed by atoms with Crippen molar-refractivity contribution in [3.63, 3.8) is 0 Å². The maximum atomic E-state index is 12.2. The number of benzene rings is 1. The van der Waals surface area contributed by atoms with E-state index in [0.717, 1.165) is 18.2 Å². The van der Waals surface area contributed by atoms with Gasteiger partial charge < -0.3 is 10.8 Å². The van der Waals surface area contributed by atoms with Crippen LogP contribution in [-0.4, -0.2) is 30.6 Å². The zero-order valence-electron chi connectivity index (χ0n) is 11.2. The van der Waals surface area contributed by atoms with E-state index in [4.69, 9.17) is 5.73 Å². The summed E-state index contributed by atoms with van der Waals surface area (Å²) in [7, 11) is -3.78. The van der Waals surface area contributed by atoms with Crippen molar-refractivity contribution in [2.45, 2.75) is 42.7 Å². The molecule has 0 atom stereocenters. The Balaban J connectivity index is 2.16. The summed E-state index contributed by atoms with van der Waals surface area (Å²) in [6, 6.07) is 3.08. The highest BCUT2D eigenvalue weighted by molar-refractivity contribution is 7.89. The Morgan fingerprint density at radius 2 is 1.90 bits per heavy atom. The summed E-state index contributed by atoms with van der Waals surface area (Å²) < 4.78 is 27.0. The second-order valence-corrected chi connectivity index (χ2v) is 6.82. The lowest BCUT2D eigenvalue weighted by Gasteiger charge is -2.25. The molecule has 1 aliphatic rings. The first-order valence-electron chi connectivity index (χ1n) is 6.54. The molecule has 0 saturated heterocycles. The molecule has 116 valence electrons. The van der Waals surface area contributed by atoms with Crippen LogP contribution in [0.3, 0.4) is 0 Å². The predicted molar refractivity (Wildman–Crippen MR) is 76.1 cm³/mol. The Morgan fingerprint density at radius 3 is 2.43 bits per heavy atom. The maximum Gasteiger partial charge on any atom is 0.292 e. The van der Waals surface area contributed by atoms with Crippen molar-refractivity contribution in [2.24, 2.45) is 0 Å². The van der Waals surface area contributed by atoms with Crippen LogP contribution in [-0.2, 0) is 10.0 Å². The molecule has 0 heterocycles. The number of nitro benzene ring substituents is 1. The monoisotopic (exact) mass is 315 g/mol. The number of aliphatic hydroxyl groups excluding tert-OH is 1. The molecule has 0 aromatic heterocycles. The molecule has 9 heteroatoms. The number of hydrogen-bond donors (Lipinski definition) is 3. The number of sulfonamides is 1. The van der Waals surface area contributed by atoms with Gasteiger partial charge >= 0.3 is 0 Å². The van der Waals surface area contributed by atoms with Gasteiger partial charge in [0.05, 0.1) is 15.9 Å². The van der Waals surface area contributed by atoms with Crippen LogP contribution >= 0.6 is 0 Å². The molecule has 1 aliphatic carbocycles. The van der Waals surface area contributed by atoms with E-state index in [1.807, 2.05) is 0 Å². The van der Waals surface area contributed by atoms with Crippen LogP contribution in [0.25, 0.3) is 0 Å². The third kappa shape index (κ3) is 3.69. The van der Waals surface area contributed by atoms with Gasteiger partial charge in [-0.2, -0.15) is 0 Å². The van der Waals surface area contributed by atoms with Crippen molar-refractivity contribution in [1.29, 1.82) is 0 Å². The van der Waals surface area contributed by atoms with Crippen molar-refractivity contribution in [3.8, 4) is 0 Å². The van der Waals surface area contributed by atoms with E-state index in [-0.39, 0.29) is 28.4 Å². The van der Waals surface area contributed by atoms with Crippen LogP contribution in [0.4, 0.5) is 11.4 Å². The van der Waals surface area contributed by atoms with Crippen LogP contribution in [0.1, 0.15) is 25.7 Å².